The van der Waals surface area contributed by atoms with E-state index in [1.807, 2.05) is 0 Å². The van der Waals surface area contributed by atoms with Crippen LogP contribution in [0.3, 0.4) is 0 Å². The van der Waals surface area contributed by atoms with Crippen molar-refractivity contribution in [3.05, 3.63) is 52.9 Å². The molecule has 1 aromatic heterocycles. The average Bonchev–Trinajstić information content (AvgIpc) is 3.15. The van der Waals surface area contributed by atoms with Crippen molar-refractivity contribution in [3.63, 3.8) is 0 Å². The van der Waals surface area contributed by atoms with Gasteiger partial charge in [0.25, 0.3) is 10.0 Å². The molecule has 0 radical (unpaired) electrons. The summed E-state index contributed by atoms with van der Waals surface area (Å²) in [6, 6.07) is 9.16. The van der Waals surface area contributed by atoms with Crippen molar-refractivity contribution >= 4 is 33.2 Å². The lowest BCUT2D eigenvalue weighted by atomic mass is 9.89. The van der Waals surface area contributed by atoms with Gasteiger partial charge in [0, 0.05) is 13.1 Å². The van der Waals surface area contributed by atoms with E-state index in [2.05, 4.69) is 4.72 Å². The minimum absolute atomic E-state index is 0.0102. The van der Waals surface area contributed by atoms with Gasteiger partial charge in [-0.15, -0.1) is 11.3 Å². The van der Waals surface area contributed by atoms with Crippen LogP contribution in [0.25, 0.3) is 0 Å². The number of fused-ring (bicyclic) bond motifs is 1. The zero-order valence-electron chi connectivity index (χ0n) is 14.0. The van der Waals surface area contributed by atoms with Gasteiger partial charge in [0.15, 0.2) is 0 Å². The number of thiophene rings is 1. The van der Waals surface area contributed by atoms with Crippen molar-refractivity contribution in [3.8, 4) is 0 Å². The van der Waals surface area contributed by atoms with Crippen LogP contribution in [0.15, 0.2) is 46.0 Å². The lowest BCUT2D eigenvalue weighted by Crippen LogP contribution is -2.49. The van der Waals surface area contributed by atoms with E-state index in [0.717, 1.165) is 16.9 Å². The molecule has 0 bridgehead atoms. The highest BCUT2D eigenvalue weighted by molar-refractivity contribution is 7.91. The number of carboxylic acids is 1. The van der Waals surface area contributed by atoms with Crippen LogP contribution < -0.4 is 4.72 Å². The number of benzene rings is 1. The molecule has 0 saturated carbocycles. The highest BCUT2D eigenvalue weighted by Gasteiger charge is 2.35. The van der Waals surface area contributed by atoms with Gasteiger partial charge in [-0.05, 0) is 29.5 Å². The number of aliphatic carboxylic acids is 1. The molecule has 7 nitrogen and oxygen atoms in total. The van der Waals surface area contributed by atoms with Gasteiger partial charge in [0.1, 0.15) is 4.21 Å². The van der Waals surface area contributed by atoms with Crippen LogP contribution in [0.2, 0.25) is 0 Å². The Labute approximate surface area is 155 Å². The molecular formula is C17H18N2O5S2. The first-order valence-corrected chi connectivity index (χ1v) is 10.3. The number of rotatable bonds is 5. The largest absolute Gasteiger partial charge is 0.481 e. The molecule has 0 saturated heterocycles. The van der Waals surface area contributed by atoms with Gasteiger partial charge in [-0.1, -0.05) is 30.3 Å². The van der Waals surface area contributed by atoms with Crippen molar-refractivity contribution in [2.24, 2.45) is 0 Å². The van der Waals surface area contributed by atoms with Gasteiger partial charge in [-0.25, -0.2) is 8.42 Å². The molecule has 0 spiro atoms. The maximum absolute atomic E-state index is 12.7. The van der Waals surface area contributed by atoms with E-state index in [-0.39, 0.29) is 17.3 Å². The Kier molecular flexibility index (Phi) is 5.12. The van der Waals surface area contributed by atoms with E-state index in [1.165, 1.54) is 17.9 Å². The topological polar surface area (TPSA) is 104 Å². The fourth-order valence-electron chi connectivity index (χ4n) is 3.02. The zero-order valence-corrected chi connectivity index (χ0v) is 15.6. The van der Waals surface area contributed by atoms with Crippen molar-refractivity contribution < 1.29 is 23.1 Å². The van der Waals surface area contributed by atoms with Gasteiger partial charge >= 0.3 is 5.97 Å². The van der Waals surface area contributed by atoms with E-state index in [1.54, 1.807) is 35.7 Å². The number of amides is 1. The number of sulfonamides is 1. The molecule has 1 amide bonds. The molecule has 2 heterocycles. The van der Waals surface area contributed by atoms with Gasteiger partial charge in [0.05, 0.1) is 12.0 Å². The van der Waals surface area contributed by atoms with Gasteiger partial charge in [-0.3, -0.25) is 9.59 Å². The number of carbonyl (C=O) groups is 2. The van der Waals surface area contributed by atoms with Crippen molar-refractivity contribution in [2.45, 2.75) is 29.6 Å². The Morgan fingerprint density at radius 3 is 2.65 bits per heavy atom. The maximum atomic E-state index is 12.7. The number of nitrogens with zero attached hydrogens (tertiary/aromatic N) is 1. The maximum Gasteiger partial charge on any atom is 0.312 e. The van der Waals surface area contributed by atoms with Crippen molar-refractivity contribution in [2.75, 3.05) is 6.54 Å². The first kappa shape index (κ1) is 18.6. The predicted octanol–water partition coefficient (Wildman–Crippen LogP) is 1.63. The van der Waals surface area contributed by atoms with E-state index in [9.17, 15) is 23.1 Å². The van der Waals surface area contributed by atoms with E-state index >= 15 is 0 Å². The first-order chi connectivity index (χ1) is 12.3. The fourth-order valence-corrected chi connectivity index (χ4v) is 5.22. The zero-order chi connectivity index (χ0) is 18.9. The highest BCUT2D eigenvalue weighted by atomic mass is 32.2. The Morgan fingerprint density at radius 1 is 1.27 bits per heavy atom. The van der Waals surface area contributed by atoms with E-state index in [4.69, 9.17) is 0 Å². The number of carboxylic acid groups (broad SMARTS) is 1. The lowest BCUT2D eigenvalue weighted by Gasteiger charge is -2.34. The Balaban J connectivity index is 1.79. The number of carbonyl (C=O) groups excluding carboxylic acids is 1. The van der Waals surface area contributed by atoms with Gasteiger partial charge in [0.2, 0.25) is 5.91 Å². The Hall–Kier alpha value is -2.23. The minimum atomic E-state index is -3.79. The molecular weight excluding hydrogens is 376 g/mol. The van der Waals surface area contributed by atoms with Crippen LogP contribution >= 0.6 is 11.3 Å². The summed E-state index contributed by atoms with van der Waals surface area (Å²) in [7, 11) is -3.79. The second kappa shape index (κ2) is 7.18. The minimum Gasteiger partial charge on any atom is -0.481 e. The molecule has 3 rings (SSSR count). The molecule has 2 unspecified atom stereocenters. The summed E-state index contributed by atoms with van der Waals surface area (Å²) >= 11 is 1.06. The van der Waals surface area contributed by atoms with Crippen molar-refractivity contribution in [1.82, 2.24) is 9.62 Å². The smallest absolute Gasteiger partial charge is 0.312 e. The average molecular weight is 394 g/mol. The second-order valence-corrected chi connectivity index (χ2v) is 8.97. The monoisotopic (exact) mass is 394 g/mol. The normalized spacial score (nSPS) is 18.2. The molecule has 138 valence electrons. The summed E-state index contributed by atoms with van der Waals surface area (Å²) in [5.41, 5.74) is 1.45. The summed E-state index contributed by atoms with van der Waals surface area (Å²) in [6.07, 6.45) is 0. The quantitative estimate of drug-likeness (QED) is 0.802. The van der Waals surface area contributed by atoms with Crippen LogP contribution in [-0.2, 0) is 26.2 Å². The summed E-state index contributed by atoms with van der Waals surface area (Å²) in [6.45, 7) is 1.73. The third-order valence-electron chi connectivity index (χ3n) is 4.27. The summed E-state index contributed by atoms with van der Waals surface area (Å²) < 4.78 is 27.1. The van der Waals surface area contributed by atoms with Crippen molar-refractivity contribution in [1.29, 1.82) is 0 Å². The lowest BCUT2D eigenvalue weighted by molar-refractivity contribution is -0.141. The molecule has 1 aliphatic heterocycles. The van der Waals surface area contributed by atoms with E-state index < -0.39 is 33.9 Å². The number of hydrogen-bond acceptors (Lipinski definition) is 5. The first-order valence-electron chi connectivity index (χ1n) is 7.95. The predicted molar refractivity (Wildman–Crippen MR) is 96.3 cm³/mol. The molecule has 1 aliphatic rings. The standard InChI is InChI=1S/C17H18N2O5S2/c1-11(18-26(23,24)15-7-4-8-25-15)16(20)19-9-12-5-2-3-6-13(12)14(10-19)17(21)22/h2-8,11,14,18H,9-10H2,1H3,(H,21,22). The van der Waals surface area contributed by atoms with Crippen LogP contribution in [0.5, 0.6) is 0 Å². The molecule has 0 fully saturated rings. The fraction of sp³-hybridized carbons (Fsp3) is 0.294. The van der Waals surface area contributed by atoms with E-state index in [0.29, 0.717) is 5.56 Å². The number of nitrogens with one attached hydrogen (secondary N) is 1. The van der Waals surface area contributed by atoms with Gasteiger partial charge < -0.3 is 10.0 Å². The second-order valence-electron chi connectivity index (χ2n) is 6.08. The van der Waals surface area contributed by atoms with Crippen LogP contribution in [0, 0.1) is 0 Å². The molecule has 2 atom stereocenters. The Bertz CT molecular complexity index is 924. The summed E-state index contributed by atoms with van der Waals surface area (Å²) in [5.74, 6) is -2.29. The van der Waals surface area contributed by atoms with Crippen LogP contribution in [0.4, 0.5) is 0 Å². The van der Waals surface area contributed by atoms with Gasteiger partial charge in [-0.2, -0.15) is 4.72 Å². The summed E-state index contributed by atoms with van der Waals surface area (Å²) in [4.78, 5) is 25.7. The number of hydrogen-bond donors (Lipinski definition) is 2. The molecule has 1 aromatic carbocycles. The SMILES string of the molecule is CC(NS(=O)(=O)c1cccs1)C(=O)N1Cc2ccccc2C(C(=O)O)C1. The van der Waals surface area contributed by atoms with Crippen LogP contribution in [0.1, 0.15) is 24.0 Å². The summed E-state index contributed by atoms with van der Waals surface area (Å²) in [5, 5.41) is 11.1. The third kappa shape index (κ3) is 3.64. The molecule has 2 aromatic rings. The molecule has 0 aliphatic carbocycles. The molecule has 2 N–H and O–H groups in total. The van der Waals surface area contributed by atoms with Crippen LogP contribution in [-0.4, -0.2) is 42.9 Å². The Morgan fingerprint density at radius 2 is 2.00 bits per heavy atom. The molecule has 26 heavy (non-hydrogen) atoms. The third-order valence-corrected chi connectivity index (χ3v) is 7.20. The molecule has 9 heteroatoms. The highest BCUT2D eigenvalue weighted by Crippen LogP contribution is 2.29.